The molecule has 2 N–H and O–H groups in total. The predicted molar refractivity (Wildman–Crippen MR) is 61.6 cm³/mol. The highest BCUT2D eigenvalue weighted by Crippen LogP contribution is 2.30. The lowest BCUT2D eigenvalue weighted by molar-refractivity contribution is -0.242. The smallest absolute Gasteiger partial charge is 0.186 e. The first-order chi connectivity index (χ1) is 8.75. The van der Waals surface area contributed by atoms with Gasteiger partial charge in [0.15, 0.2) is 6.29 Å². The van der Waals surface area contributed by atoms with Crippen molar-refractivity contribution < 1.29 is 24.4 Å². The molecular weight excluding hydrogens is 236 g/mol. The van der Waals surface area contributed by atoms with E-state index in [1.807, 2.05) is 30.3 Å². The summed E-state index contributed by atoms with van der Waals surface area (Å²) in [4.78, 5) is 0. The van der Waals surface area contributed by atoms with E-state index in [1.165, 1.54) is 0 Å². The number of aliphatic hydroxyl groups is 2. The normalized spacial score (nSPS) is 38.9. The summed E-state index contributed by atoms with van der Waals surface area (Å²) < 4.78 is 16.1. The van der Waals surface area contributed by atoms with Crippen LogP contribution in [-0.2, 0) is 20.8 Å². The lowest BCUT2D eigenvalue weighted by Crippen LogP contribution is -2.54. The molecule has 0 amide bonds. The average molecular weight is 252 g/mol. The highest BCUT2D eigenvalue weighted by Gasteiger charge is 2.50. The van der Waals surface area contributed by atoms with Gasteiger partial charge < -0.3 is 24.4 Å². The third-order valence-corrected chi connectivity index (χ3v) is 3.35. The van der Waals surface area contributed by atoms with Gasteiger partial charge in [0.25, 0.3) is 0 Å². The Labute approximate surface area is 105 Å². The van der Waals surface area contributed by atoms with E-state index >= 15 is 0 Å². The maximum Gasteiger partial charge on any atom is 0.186 e. The zero-order chi connectivity index (χ0) is 12.5. The second-order valence-corrected chi connectivity index (χ2v) is 4.62. The van der Waals surface area contributed by atoms with E-state index in [0.29, 0.717) is 13.2 Å². The largest absolute Gasteiger partial charge is 0.387 e. The quantitative estimate of drug-likeness (QED) is 0.795. The third kappa shape index (κ3) is 2.15. The highest BCUT2D eigenvalue weighted by atomic mass is 16.7. The number of ether oxygens (including phenoxy) is 3. The van der Waals surface area contributed by atoms with Crippen LogP contribution in [0.5, 0.6) is 0 Å². The minimum Gasteiger partial charge on any atom is -0.387 e. The van der Waals surface area contributed by atoms with Gasteiger partial charge in [-0.05, 0) is 5.56 Å². The molecule has 2 saturated heterocycles. The second-order valence-electron chi connectivity index (χ2n) is 4.62. The Bertz CT molecular complexity index is 380. The molecule has 0 aliphatic carbocycles. The molecule has 2 aliphatic heterocycles. The van der Waals surface area contributed by atoms with Crippen molar-refractivity contribution in [1.29, 1.82) is 0 Å². The number of benzene rings is 1. The summed E-state index contributed by atoms with van der Waals surface area (Å²) in [5.74, 6) is 0. The number of fused-ring (bicyclic) bond motifs is 2. The van der Waals surface area contributed by atoms with Crippen molar-refractivity contribution in [3.8, 4) is 0 Å². The van der Waals surface area contributed by atoms with E-state index in [2.05, 4.69) is 0 Å². The Kier molecular flexibility index (Phi) is 3.32. The summed E-state index contributed by atoms with van der Waals surface area (Å²) in [5.41, 5.74) is 0.997. The molecule has 98 valence electrons. The van der Waals surface area contributed by atoms with Gasteiger partial charge in [-0.25, -0.2) is 0 Å². The zero-order valence-electron chi connectivity index (χ0n) is 9.81. The summed E-state index contributed by atoms with van der Waals surface area (Å²) in [7, 11) is 0. The molecule has 0 aromatic heterocycles. The molecule has 5 atom stereocenters. The van der Waals surface area contributed by atoms with E-state index < -0.39 is 30.7 Å². The number of hydrogen-bond donors (Lipinski definition) is 2. The average Bonchev–Trinajstić information content (AvgIpc) is 2.85. The van der Waals surface area contributed by atoms with Crippen LogP contribution in [0.25, 0.3) is 0 Å². The van der Waals surface area contributed by atoms with Crippen molar-refractivity contribution >= 4 is 0 Å². The molecule has 2 aliphatic rings. The van der Waals surface area contributed by atoms with Crippen molar-refractivity contribution in [2.24, 2.45) is 0 Å². The lowest BCUT2D eigenvalue weighted by atomic mass is 10.0. The summed E-state index contributed by atoms with van der Waals surface area (Å²) in [5, 5.41) is 20.0. The Morgan fingerprint density at radius 2 is 1.94 bits per heavy atom. The van der Waals surface area contributed by atoms with Gasteiger partial charge in [0.1, 0.15) is 24.4 Å². The molecular formula is C13H16O5. The Morgan fingerprint density at radius 3 is 2.72 bits per heavy atom. The molecule has 0 spiro atoms. The van der Waals surface area contributed by atoms with E-state index in [0.717, 1.165) is 5.56 Å². The van der Waals surface area contributed by atoms with Crippen molar-refractivity contribution in [3.63, 3.8) is 0 Å². The Hall–Kier alpha value is -0.980. The van der Waals surface area contributed by atoms with Gasteiger partial charge in [-0.3, -0.25) is 0 Å². The van der Waals surface area contributed by atoms with Crippen LogP contribution < -0.4 is 0 Å². The van der Waals surface area contributed by atoms with Crippen LogP contribution in [-0.4, -0.2) is 47.5 Å². The fourth-order valence-electron chi connectivity index (χ4n) is 2.33. The molecule has 18 heavy (non-hydrogen) atoms. The lowest BCUT2D eigenvalue weighted by Gasteiger charge is -2.35. The fraction of sp³-hybridized carbons (Fsp3) is 0.538. The SMILES string of the molecule is OC1C2COC(O2)[C@@H](O)C1OCc1ccccc1. The molecule has 2 heterocycles. The standard InChI is InChI=1S/C13H16O5/c14-10-9-7-17-13(18-9)11(15)12(10)16-6-8-4-2-1-3-5-8/h1-5,9-15H,6-7H2/t9?,10?,11-,12?,13?/m0/s1. The Morgan fingerprint density at radius 1 is 1.17 bits per heavy atom. The number of rotatable bonds is 3. The zero-order valence-corrected chi connectivity index (χ0v) is 9.81. The highest BCUT2D eigenvalue weighted by molar-refractivity contribution is 5.13. The van der Waals surface area contributed by atoms with Crippen LogP contribution in [0.15, 0.2) is 30.3 Å². The van der Waals surface area contributed by atoms with E-state index in [9.17, 15) is 10.2 Å². The first-order valence-electron chi connectivity index (χ1n) is 6.04. The molecule has 5 heteroatoms. The molecule has 1 aromatic carbocycles. The molecule has 0 saturated carbocycles. The van der Waals surface area contributed by atoms with Gasteiger partial charge >= 0.3 is 0 Å². The van der Waals surface area contributed by atoms with Gasteiger partial charge in [-0.15, -0.1) is 0 Å². The minimum absolute atomic E-state index is 0.300. The predicted octanol–water partition coefficient (Wildman–Crippen LogP) is 0.0487. The molecule has 2 bridgehead atoms. The van der Waals surface area contributed by atoms with Crippen LogP contribution in [0.4, 0.5) is 0 Å². The summed E-state index contributed by atoms with van der Waals surface area (Å²) >= 11 is 0. The molecule has 0 radical (unpaired) electrons. The maximum atomic E-state index is 10.0. The summed E-state index contributed by atoms with van der Waals surface area (Å²) in [6.07, 6.45) is -3.57. The van der Waals surface area contributed by atoms with Gasteiger partial charge in [-0.1, -0.05) is 30.3 Å². The van der Waals surface area contributed by atoms with Gasteiger partial charge in [-0.2, -0.15) is 0 Å². The third-order valence-electron chi connectivity index (χ3n) is 3.35. The Balaban J connectivity index is 1.65. The fourth-order valence-corrected chi connectivity index (χ4v) is 2.33. The molecule has 2 fully saturated rings. The van der Waals surface area contributed by atoms with E-state index in [1.54, 1.807) is 0 Å². The molecule has 4 unspecified atom stereocenters. The van der Waals surface area contributed by atoms with Gasteiger partial charge in [0, 0.05) is 0 Å². The van der Waals surface area contributed by atoms with E-state index in [-0.39, 0.29) is 0 Å². The second kappa shape index (κ2) is 4.95. The monoisotopic (exact) mass is 252 g/mol. The molecule has 3 rings (SSSR count). The van der Waals surface area contributed by atoms with E-state index in [4.69, 9.17) is 14.2 Å². The van der Waals surface area contributed by atoms with Crippen LogP contribution in [0.3, 0.4) is 0 Å². The summed E-state index contributed by atoms with van der Waals surface area (Å²) in [6.45, 7) is 0.646. The van der Waals surface area contributed by atoms with Crippen molar-refractivity contribution in [3.05, 3.63) is 35.9 Å². The van der Waals surface area contributed by atoms with Crippen molar-refractivity contribution in [1.82, 2.24) is 0 Å². The van der Waals surface area contributed by atoms with Gasteiger partial charge in [0.2, 0.25) is 0 Å². The topological polar surface area (TPSA) is 68.2 Å². The maximum absolute atomic E-state index is 10.0. The van der Waals surface area contributed by atoms with Crippen molar-refractivity contribution in [2.45, 2.75) is 37.3 Å². The first-order valence-corrected chi connectivity index (χ1v) is 6.04. The number of aliphatic hydroxyl groups excluding tert-OH is 2. The molecule has 1 aromatic rings. The molecule has 5 nitrogen and oxygen atoms in total. The van der Waals surface area contributed by atoms with Crippen LogP contribution in [0, 0.1) is 0 Å². The van der Waals surface area contributed by atoms with Crippen LogP contribution in [0.2, 0.25) is 0 Å². The summed E-state index contributed by atoms with van der Waals surface area (Å²) in [6, 6.07) is 9.63. The van der Waals surface area contributed by atoms with Crippen molar-refractivity contribution in [2.75, 3.05) is 6.61 Å². The first kappa shape index (κ1) is 12.1. The van der Waals surface area contributed by atoms with Gasteiger partial charge in [0.05, 0.1) is 13.2 Å². The van der Waals surface area contributed by atoms with Crippen LogP contribution in [0.1, 0.15) is 5.56 Å². The minimum atomic E-state index is -0.956. The van der Waals surface area contributed by atoms with Crippen LogP contribution >= 0.6 is 0 Å². The number of hydrogen-bond acceptors (Lipinski definition) is 5.